The number of benzene rings is 1. The van der Waals surface area contributed by atoms with Gasteiger partial charge in [0.2, 0.25) is 17.7 Å². The molecule has 4 N–H and O–H groups in total. The molecule has 0 bridgehead atoms. The van der Waals surface area contributed by atoms with Crippen molar-refractivity contribution in [2.45, 2.75) is 137 Å². The minimum Gasteiger partial charge on any atom is -0.444 e. The lowest BCUT2D eigenvalue weighted by Gasteiger charge is -2.36. The monoisotopic (exact) mass is 574 g/mol. The fraction of sp³-hybridized carbons (Fsp3) is 0.688. The Morgan fingerprint density at radius 2 is 1.61 bits per heavy atom. The van der Waals surface area contributed by atoms with Crippen LogP contribution in [0.25, 0.3) is 0 Å². The van der Waals surface area contributed by atoms with Crippen molar-refractivity contribution in [1.82, 2.24) is 15.5 Å². The molecule has 0 aliphatic heterocycles. The number of primary amides is 1. The average molecular weight is 575 g/mol. The van der Waals surface area contributed by atoms with Gasteiger partial charge in [-0.1, -0.05) is 69.7 Å². The minimum atomic E-state index is -1.10. The number of nitrogens with one attached hydrogen (secondary N) is 2. The number of carbonyl (C=O) groups excluding carboxylic acids is 4. The summed E-state index contributed by atoms with van der Waals surface area (Å²) < 4.78 is 5.42. The second-order valence-corrected chi connectivity index (χ2v) is 12.1. The van der Waals surface area contributed by atoms with Gasteiger partial charge >= 0.3 is 6.09 Å². The van der Waals surface area contributed by atoms with Gasteiger partial charge in [0.25, 0.3) is 0 Å². The fourth-order valence-electron chi connectivity index (χ4n) is 4.78. The van der Waals surface area contributed by atoms with E-state index in [9.17, 15) is 19.2 Å². The number of nitrogens with zero attached hydrogens (tertiary/aromatic N) is 1. The Labute approximate surface area is 247 Å². The molecule has 41 heavy (non-hydrogen) atoms. The van der Waals surface area contributed by atoms with E-state index in [0.717, 1.165) is 55.2 Å². The first-order valence-electron chi connectivity index (χ1n) is 15.2. The van der Waals surface area contributed by atoms with Crippen molar-refractivity contribution in [1.29, 1.82) is 0 Å². The highest BCUT2D eigenvalue weighted by Gasteiger charge is 2.37. The zero-order chi connectivity index (χ0) is 31.2. The van der Waals surface area contributed by atoms with Gasteiger partial charge in [-0.05, 0) is 71.9 Å². The van der Waals surface area contributed by atoms with Crippen LogP contribution in [0, 0.1) is 13.8 Å². The molecule has 9 nitrogen and oxygen atoms in total. The molecule has 0 saturated carbocycles. The van der Waals surface area contributed by atoms with Crippen molar-refractivity contribution in [2.75, 3.05) is 6.54 Å². The fourth-order valence-corrected chi connectivity index (χ4v) is 4.78. The van der Waals surface area contributed by atoms with E-state index in [-0.39, 0.29) is 24.8 Å². The average Bonchev–Trinajstić information content (AvgIpc) is 2.86. The summed E-state index contributed by atoms with van der Waals surface area (Å²) in [5.41, 5.74) is 7.23. The van der Waals surface area contributed by atoms with Crippen molar-refractivity contribution >= 4 is 23.8 Å². The summed E-state index contributed by atoms with van der Waals surface area (Å²) in [6.07, 6.45) is 5.61. The van der Waals surface area contributed by atoms with Gasteiger partial charge < -0.3 is 26.0 Å². The molecule has 9 heteroatoms. The Bertz CT molecular complexity index is 1000. The molecule has 232 valence electrons. The van der Waals surface area contributed by atoms with Crippen LogP contribution in [0.2, 0.25) is 0 Å². The molecular weight excluding hydrogens is 520 g/mol. The van der Waals surface area contributed by atoms with Crippen molar-refractivity contribution in [2.24, 2.45) is 5.73 Å². The lowest BCUT2D eigenvalue weighted by molar-refractivity contribution is -0.143. The minimum absolute atomic E-state index is 0.00683. The van der Waals surface area contributed by atoms with Crippen LogP contribution in [0.4, 0.5) is 4.79 Å². The predicted octanol–water partition coefficient (Wildman–Crippen LogP) is 5.61. The SMILES string of the molecule is CCCCCCCN(C(=O)C(CCC(N)=O)NC(=O)OC(C)(C)C)C(C(=O)NC(C)CCC)c1cc(C)ccc1C. The van der Waals surface area contributed by atoms with E-state index in [1.54, 1.807) is 25.7 Å². The summed E-state index contributed by atoms with van der Waals surface area (Å²) in [4.78, 5) is 54.3. The topological polar surface area (TPSA) is 131 Å². The first kappa shape index (κ1) is 35.9. The molecule has 0 aliphatic carbocycles. The van der Waals surface area contributed by atoms with Gasteiger partial charge in [-0.2, -0.15) is 0 Å². The van der Waals surface area contributed by atoms with Crippen LogP contribution in [-0.4, -0.2) is 52.9 Å². The number of carbonyl (C=O) groups is 4. The number of hydrogen-bond donors (Lipinski definition) is 3. The second kappa shape index (κ2) is 17.7. The summed E-state index contributed by atoms with van der Waals surface area (Å²) in [6, 6.07) is 3.79. The summed E-state index contributed by atoms with van der Waals surface area (Å²) in [5.74, 6) is -1.30. The highest BCUT2D eigenvalue weighted by Crippen LogP contribution is 2.28. The molecule has 1 aromatic carbocycles. The van der Waals surface area contributed by atoms with E-state index in [1.807, 2.05) is 39.0 Å². The number of nitrogens with two attached hydrogens (primary N) is 1. The van der Waals surface area contributed by atoms with Gasteiger partial charge in [-0.15, -0.1) is 0 Å². The van der Waals surface area contributed by atoms with Crippen LogP contribution in [-0.2, 0) is 19.1 Å². The first-order chi connectivity index (χ1) is 19.2. The van der Waals surface area contributed by atoms with E-state index in [2.05, 4.69) is 24.5 Å². The standard InChI is InChI=1S/C32H54N4O5/c1-9-11-12-13-14-20-36(30(39)26(18-19-27(33)37)35-31(40)41-32(6,7)8)28(29(38)34-24(5)15-10-2)25-21-22(3)16-17-23(25)4/h16-17,21,24,26,28H,9-15,18-20H2,1-8H3,(H2,33,37)(H,34,38)(H,35,40). The zero-order valence-electron chi connectivity index (χ0n) is 26.6. The molecule has 0 fully saturated rings. The zero-order valence-corrected chi connectivity index (χ0v) is 26.6. The van der Waals surface area contributed by atoms with E-state index < -0.39 is 35.6 Å². The molecule has 0 radical (unpaired) electrons. The van der Waals surface area contributed by atoms with Gasteiger partial charge in [0.15, 0.2) is 0 Å². The third kappa shape index (κ3) is 13.4. The quantitative estimate of drug-likeness (QED) is 0.208. The molecule has 1 rings (SSSR count). The smallest absolute Gasteiger partial charge is 0.408 e. The highest BCUT2D eigenvalue weighted by molar-refractivity contribution is 5.92. The van der Waals surface area contributed by atoms with E-state index in [1.165, 1.54) is 0 Å². The van der Waals surface area contributed by atoms with Crippen LogP contribution in [0.15, 0.2) is 18.2 Å². The molecule has 0 saturated heterocycles. The lowest BCUT2D eigenvalue weighted by Crippen LogP contribution is -2.54. The van der Waals surface area contributed by atoms with Crippen molar-refractivity contribution < 1.29 is 23.9 Å². The normalized spacial score (nSPS) is 13.6. The maximum absolute atomic E-state index is 14.3. The molecular formula is C32H54N4O5. The third-order valence-electron chi connectivity index (χ3n) is 6.85. The summed E-state index contributed by atoms with van der Waals surface area (Å²) in [7, 11) is 0. The van der Waals surface area contributed by atoms with Gasteiger partial charge in [0, 0.05) is 19.0 Å². The molecule has 3 atom stereocenters. The maximum atomic E-state index is 14.3. The van der Waals surface area contributed by atoms with E-state index >= 15 is 0 Å². The van der Waals surface area contributed by atoms with Crippen LogP contribution >= 0.6 is 0 Å². The summed E-state index contributed by atoms with van der Waals surface area (Å²) >= 11 is 0. The maximum Gasteiger partial charge on any atom is 0.408 e. The molecule has 0 spiro atoms. The van der Waals surface area contributed by atoms with Gasteiger partial charge in [0.1, 0.15) is 17.7 Å². The first-order valence-corrected chi connectivity index (χ1v) is 15.2. The molecule has 4 amide bonds. The Morgan fingerprint density at radius 1 is 0.951 bits per heavy atom. The molecule has 1 aromatic rings. The molecule has 0 heterocycles. The van der Waals surface area contributed by atoms with Crippen LogP contribution in [0.1, 0.15) is 122 Å². The number of rotatable bonds is 17. The number of ether oxygens (including phenoxy) is 1. The van der Waals surface area contributed by atoms with Gasteiger partial charge in [-0.3, -0.25) is 14.4 Å². The van der Waals surface area contributed by atoms with Crippen LogP contribution < -0.4 is 16.4 Å². The molecule has 0 aliphatic rings. The number of unbranched alkanes of at least 4 members (excludes halogenated alkanes) is 4. The number of amides is 4. The Hall–Kier alpha value is -3.10. The van der Waals surface area contributed by atoms with Crippen LogP contribution in [0.5, 0.6) is 0 Å². The molecule has 3 unspecified atom stereocenters. The van der Waals surface area contributed by atoms with Crippen LogP contribution in [0.3, 0.4) is 0 Å². The van der Waals surface area contributed by atoms with E-state index in [0.29, 0.717) is 13.0 Å². The van der Waals surface area contributed by atoms with E-state index in [4.69, 9.17) is 10.5 Å². The Balaban J connectivity index is 3.60. The number of aryl methyl sites for hydroxylation is 2. The van der Waals surface area contributed by atoms with Crippen molar-refractivity contribution in [3.8, 4) is 0 Å². The van der Waals surface area contributed by atoms with Gasteiger partial charge in [-0.25, -0.2) is 4.79 Å². The van der Waals surface area contributed by atoms with Crippen molar-refractivity contribution in [3.05, 3.63) is 34.9 Å². The predicted molar refractivity (Wildman–Crippen MR) is 163 cm³/mol. The second-order valence-electron chi connectivity index (χ2n) is 12.1. The largest absolute Gasteiger partial charge is 0.444 e. The lowest BCUT2D eigenvalue weighted by atomic mass is 9.95. The Kier molecular flexibility index (Phi) is 15.5. The van der Waals surface area contributed by atoms with Crippen molar-refractivity contribution in [3.63, 3.8) is 0 Å². The third-order valence-corrected chi connectivity index (χ3v) is 6.85. The highest BCUT2D eigenvalue weighted by atomic mass is 16.6. The number of alkyl carbamates (subject to hydrolysis) is 1. The summed E-state index contributed by atoms with van der Waals surface area (Å²) in [6.45, 7) is 15.5. The molecule has 0 aromatic heterocycles. The Morgan fingerprint density at radius 3 is 2.20 bits per heavy atom. The summed E-state index contributed by atoms with van der Waals surface area (Å²) in [5, 5.41) is 5.77. The van der Waals surface area contributed by atoms with Gasteiger partial charge in [0.05, 0.1) is 0 Å². The number of hydrogen-bond acceptors (Lipinski definition) is 5.